The number of thiophene rings is 1. The van der Waals surface area contributed by atoms with Crippen molar-refractivity contribution < 1.29 is 4.79 Å². The maximum absolute atomic E-state index is 12.0. The summed E-state index contributed by atoms with van der Waals surface area (Å²) in [6.45, 7) is 4.15. The monoisotopic (exact) mass is 242 g/mol. The van der Waals surface area contributed by atoms with Crippen LogP contribution in [0.5, 0.6) is 0 Å². The number of carbonyl (C=O) groups is 1. The number of rotatable bonds is 1. The van der Waals surface area contributed by atoms with E-state index in [0.29, 0.717) is 5.78 Å². The highest BCUT2D eigenvalue weighted by Crippen LogP contribution is 2.38. The number of ketones is 1. The maximum Gasteiger partial charge on any atom is 0.166 e. The van der Waals surface area contributed by atoms with Gasteiger partial charge in [0, 0.05) is 16.4 Å². The zero-order chi connectivity index (χ0) is 12.0. The number of hydrogen-bond donors (Lipinski definition) is 0. The highest BCUT2D eigenvalue weighted by molar-refractivity contribution is 7.13. The standard InChI is InChI=1S/C15H14OS/c1-9-5-6-11-12(8-10(2)15(11)16)14(9)13-4-3-7-17-13/h3-7,10H,8H2,1-2H3. The lowest BCUT2D eigenvalue weighted by Crippen LogP contribution is -2.02. The summed E-state index contributed by atoms with van der Waals surface area (Å²) in [5.74, 6) is 0.448. The molecule has 0 aliphatic heterocycles. The highest BCUT2D eigenvalue weighted by Gasteiger charge is 2.29. The van der Waals surface area contributed by atoms with Gasteiger partial charge >= 0.3 is 0 Å². The molecule has 1 aliphatic rings. The molecule has 1 aliphatic carbocycles. The van der Waals surface area contributed by atoms with E-state index < -0.39 is 0 Å². The Morgan fingerprint density at radius 2 is 2.12 bits per heavy atom. The predicted octanol–water partition coefficient (Wildman–Crippen LogP) is 4.10. The van der Waals surface area contributed by atoms with Crippen LogP contribution in [0.3, 0.4) is 0 Å². The summed E-state index contributed by atoms with van der Waals surface area (Å²) >= 11 is 1.75. The van der Waals surface area contributed by atoms with Crippen LogP contribution in [0.4, 0.5) is 0 Å². The summed E-state index contributed by atoms with van der Waals surface area (Å²) in [7, 11) is 0. The molecule has 0 N–H and O–H groups in total. The lowest BCUT2D eigenvalue weighted by molar-refractivity contribution is 0.0946. The van der Waals surface area contributed by atoms with E-state index in [-0.39, 0.29) is 5.92 Å². The van der Waals surface area contributed by atoms with Crippen molar-refractivity contribution in [1.82, 2.24) is 0 Å². The number of Topliss-reactive ketones (excluding diaryl/α,β-unsaturated/α-hetero) is 1. The van der Waals surface area contributed by atoms with Gasteiger partial charge in [0.2, 0.25) is 0 Å². The molecular weight excluding hydrogens is 228 g/mol. The third-order valence-electron chi connectivity index (χ3n) is 3.51. The van der Waals surface area contributed by atoms with Crippen LogP contribution < -0.4 is 0 Å². The molecule has 1 heterocycles. The van der Waals surface area contributed by atoms with Crippen molar-refractivity contribution >= 4 is 17.1 Å². The molecule has 0 radical (unpaired) electrons. The van der Waals surface area contributed by atoms with Crippen LogP contribution in [0.1, 0.15) is 28.4 Å². The van der Waals surface area contributed by atoms with Crippen molar-refractivity contribution in [3.63, 3.8) is 0 Å². The second-order valence-electron chi connectivity index (χ2n) is 4.73. The first-order valence-electron chi connectivity index (χ1n) is 5.89. The zero-order valence-electron chi connectivity index (χ0n) is 9.99. The molecule has 0 amide bonds. The Kier molecular flexibility index (Phi) is 2.40. The minimum absolute atomic E-state index is 0.144. The average Bonchev–Trinajstić information content (AvgIpc) is 2.89. The van der Waals surface area contributed by atoms with Crippen LogP contribution in [0.25, 0.3) is 10.4 Å². The van der Waals surface area contributed by atoms with E-state index in [1.165, 1.54) is 21.6 Å². The number of hydrogen-bond acceptors (Lipinski definition) is 2. The molecule has 0 saturated carbocycles. The highest BCUT2D eigenvalue weighted by atomic mass is 32.1. The van der Waals surface area contributed by atoms with Gasteiger partial charge in [-0.15, -0.1) is 11.3 Å². The molecule has 2 aromatic rings. The van der Waals surface area contributed by atoms with Crippen molar-refractivity contribution in [3.8, 4) is 10.4 Å². The molecule has 0 fully saturated rings. The van der Waals surface area contributed by atoms with Gasteiger partial charge in [0.1, 0.15) is 0 Å². The Balaban J connectivity index is 2.27. The average molecular weight is 242 g/mol. The van der Waals surface area contributed by atoms with Crippen molar-refractivity contribution in [2.24, 2.45) is 5.92 Å². The van der Waals surface area contributed by atoms with Gasteiger partial charge in [-0.25, -0.2) is 0 Å². The fraction of sp³-hybridized carbons (Fsp3) is 0.267. The molecule has 1 nitrogen and oxygen atoms in total. The molecule has 0 spiro atoms. The van der Waals surface area contributed by atoms with Gasteiger partial charge in [0.25, 0.3) is 0 Å². The second-order valence-corrected chi connectivity index (χ2v) is 5.68. The van der Waals surface area contributed by atoms with Crippen molar-refractivity contribution in [2.75, 3.05) is 0 Å². The van der Waals surface area contributed by atoms with E-state index >= 15 is 0 Å². The molecule has 1 aromatic heterocycles. The molecular formula is C15H14OS. The van der Waals surface area contributed by atoms with E-state index in [4.69, 9.17) is 0 Å². The van der Waals surface area contributed by atoms with Crippen LogP contribution in [0, 0.1) is 12.8 Å². The maximum atomic E-state index is 12.0. The molecule has 0 saturated heterocycles. The Morgan fingerprint density at radius 3 is 2.82 bits per heavy atom. The van der Waals surface area contributed by atoms with Crippen LogP contribution in [0.15, 0.2) is 29.6 Å². The van der Waals surface area contributed by atoms with Gasteiger partial charge in [0.15, 0.2) is 5.78 Å². The number of carbonyl (C=O) groups excluding carboxylic acids is 1. The Morgan fingerprint density at radius 1 is 1.29 bits per heavy atom. The minimum Gasteiger partial charge on any atom is -0.294 e. The molecule has 1 atom stereocenters. The first kappa shape index (κ1) is 10.7. The van der Waals surface area contributed by atoms with E-state index in [9.17, 15) is 4.79 Å². The van der Waals surface area contributed by atoms with Gasteiger partial charge in [-0.3, -0.25) is 4.79 Å². The second kappa shape index (κ2) is 3.81. The summed E-state index contributed by atoms with van der Waals surface area (Å²) in [6.07, 6.45) is 0.892. The fourth-order valence-corrected chi connectivity index (χ4v) is 3.50. The minimum atomic E-state index is 0.144. The third kappa shape index (κ3) is 1.55. The van der Waals surface area contributed by atoms with Gasteiger partial charge < -0.3 is 0 Å². The van der Waals surface area contributed by atoms with E-state index in [1.807, 2.05) is 13.0 Å². The van der Waals surface area contributed by atoms with Crippen LogP contribution >= 0.6 is 11.3 Å². The smallest absolute Gasteiger partial charge is 0.166 e. The summed E-state index contributed by atoms with van der Waals surface area (Å²) in [6, 6.07) is 8.28. The first-order chi connectivity index (χ1) is 8.18. The van der Waals surface area contributed by atoms with Gasteiger partial charge in [-0.2, -0.15) is 0 Å². The molecule has 1 unspecified atom stereocenters. The Labute approximate surface area is 105 Å². The Hall–Kier alpha value is -1.41. The molecule has 3 rings (SSSR count). The molecule has 0 bridgehead atoms. The summed E-state index contributed by atoms with van der Waals surface area (Å²) < 4.78 is 0. The fourth-order valence-electron chi connectivity index (χ4n) is 2.64. The van der Waals surface area contributed by atoms with Crippen molar-refractivity contribution in [2.45, 2.75) is 20.3 Å². The predicted molar refractivity (Wildman–Crippen MR) is 71.7 cm³/mol. The lowest BCUT2D eigenvalue weighted by Gasteiger charge is -2.09. The van der Waals surface area contributed by atoms with Crippen LogP contribution in [-0.2, 0) is 6.42 Å². The molecule has 2 heteroatoms. The first-order valence-corrected chi connectivity index (χ1v) is 6.77. The van der Waals surface area contributed by atoms with Crippen LogP contribution in [0.2, 0.25) is 0 Å². The van der Waals surface area contributed by atoms with Crippen LogP contribution in [-0.4, -0.2) is 5.78 Å². The summed E-state index contributed by atoms with van der Waals surface area (Å²) in [5, 5.41) is 2.09. The summed E-state index contributed by atoms with van der Waals surface area (Å²) in [5.41, 5.74) is 4.75. The topological polar surface area (TPSA) is 17.1 Å². The SMILES string of the molecule is Cc1ccc2c(c1-c1cccs1)CC(C)C2=O. The van der Waals surface area contributed by atoms with Crippen molar-refractivity contribution in [1.29, 1.82) is 0 Å². The van der Waals surface area contributed by atoms with Crippen molar-refractivity contribution in [3.05, 3.63) is 46.3 Å². The third-order valence-corrected chi connectivity index (χ3v) is 4.40. The normalized spacial score (nSPS) is 18.5. The molecule has 86 valence electrons. The number of fused-ring (bicyclic) bond motifs is 1. The van der Waals surface area contributed by atoms with Gasteiger partial charge in [-0.05, 0) is 41.5 Å². The number of aryl methyl sites for hydroxylation is 1. The number of benzene rings is 1. The van der Waals surface area contributed by atoms with E-state index in [2.05, 4.69) is 30.5 Å². The lowest BCUT2D eigenvalue weighted by atomic mass is 9.97. The quantitative estimate of drug-likeness (QED) is 0.736. The summed E-state index contributed by atoms with van der Waals surface area (Å²) in [4.78, 5) is 13.3. The van der Waals surface area contributed by atoms with Gasteiger partial charge in [-0.1, -0.05) is 25.1 Å². The zero-order valence-corrected chi connectivity index (χ0v) is 10.8. The Bertz CT molecular complexity index is 581. The van der Waals surface area contributed by atoms with Gasteiger partial charge in [0.05, 0.1) is 0 Å². The van der Waals surface area contributed by atoms with E-state index in [1.54, 1.807) is 11.3 Å². The molecule has 17 heavy (non-hydrogen) atoms. The van der Waals surface area contributed by atoms with E-state index in [0.717, 1.165) is 12.0 Å². The largest absolute Gasteiger partial charge is 0.294 e. The molecule has 1 aromatic carbocycles.